The van der Waals surface area contributed by atoms with Gasteiger partial charge in [-0.3, -0.25) is 9.78 Å². The third kappa shape index (κ3) is 5.85. The zero-order chi connectivity index (χ0) is 15.0. The van der Waals surface area contributed by atoms with E-state index in [4.69, 9.17) is 0 Å². The molecule has 20 heavy (non-hydrogen) atoms. The van der Waals surface area contributed by atoms with E-state index in [0.29, 0.717) is 11.7 Å². The molecule has 0 radical (unpaired) electrons. The lowest BCUT2D eigenvalue weighted by Crippen LogP contribution is -2.09. The number of pyridine rings is 1. The van der Waals surface area contributed by atoms with Crippen LogP contribution in [0.2, 0.25) is 0 Å². The predicted molar refractivity (Wildman–Crippen MR) is 85.0 cm³/mol. The fraction of sp³-hybridized carbons (Fsp3) is 0.667. The molecule has 1 aromatic heterocycles. The van der Waals surface area contributed by atoms with Crippen LogP contribution in [-0.4, -0.2) is 10.8 Å². The van der Waals surface area contributed by atoms with Gasteiger partial charge in [0.15, 0.2) is 0 Å². The molecule has 0 aliphatic rings. The molecule has 1 unspecified atom stereocenters. The van der Waals surface area contributed by atoms with Crippen LogP contribution >= 0.6 is 0 Å². The number of Topliss-reactive ketones (excluding diaryl/α,β-unsaturated/α-hetero) is 1. The highest BCUT2D eigenvalue weighted by molar-refractivity contribution is 5.80. The van der Waals surface area contributed by atoms with Gasteiger partial charge in [0.05, 0.1) is 0 Å². The zero-order valence-corrected chi connectivity index (χ0v) is 13.5. The molecule has 0 N–H and O–H groups in total. The highest BCUT2D eigenvalue weighted by Gasteiger charge is 2.09. The van der Waals surface area contributed by atoms with E-state index in [9.17, 15) is 4.79 Å². The number of ketones is 1. The van der Waals surface area contributed by atoms with E-state index in [1.54, 1.807) is 0 Å². The Bertz CT molecular complexity index is 412. The highest BCUT2D eigenvalue weighted by atomic mass is 16.1. The van der Waals surface area contributed by atoms with Gasteiger partial charge in [-0.1, -0.05) is 34.1 Å². The Morgan fingerprint density at radius 3 is 2.60 bits per heavy atom. The zero-order valence-electron chi connectivity index (χ0n) is 13.5. The normalized spacial score (nSPS) is 12.7. The van der Waals surface area contributed by atoms with Crippen LogP contribution in [0.3, 0.4) is 0 Å². The Labute approximate surface area is 124 Å². The predicted octanol–water partition coefficient (Wildman–Crippen LogP) is 4.92. The van der Waals surface area contributed by atoms with Crippen molar-refractivity contribution in [3.05, 3.63) is 29.6 Å². The van der Waals surface area contributed by atoms with Crippen molar-refractivity contribution in [3.63, 3.8) is 0 Å². The number of hydrogen-bond donors (Lipinski definition) is 0. The Morgan fingerprint density at radius 2 is 1.95 bits per heavy atom. The highest BCUT2D eigenvalue weighted by Crippen LogP contribution is 2.15. The number of hydrogen-bond acceptors (Lipinski definition) is 2. The summed E-state index contributed by atoms with van der Waals surface area (Å²) in [7, 11) is 0. The standard InChI is InChI=1S/C18H29NO/c1-5-15(4)18(20)10-8-6-7-9-16-11-12-19-17(13-16)14(2)3/h11-15H,5-10H2,1-4H3. The number of rotatable bonds is 9. The molecule has 2 heteroatoms. The number of unbranched alkanes of at least 4 members (excludes halogenated alkanes) is 2. The molecule has 0 aliphatic heterocycles. The molecule has 0 saturated heterocycles. The van der Waals surface area contributed by atoms with Crippen LogP contribution in [0.4, 0.5) is 0 Å². The third-order valence-electron chi connectivity index (χ3n) is 3.99. The van der Waals surface area contributed by atoms with Gasteiger partial charge in [-0.25, -0.2) is 0 Å². The first-order chi connectivity index (χ1) is 9.54. The minimum Gasteiger partial charge on any atom is -0.299 e. The van der Waals surface area contributed by atoms with E-state index in [1.165, 1.54) is 11.3 Å². The van der Waals surface area contributed by atoms with Crippen molar-refractivity contribution in [1.29, 1.82) is 0 Å². The first-order valence-electron chi connectivity index (χ1n) is 8.02. The average Bonchev–Trinajstić information content (AvgIpc) is 2.46. The van der Waals surface area contributed by atoms with E-state index in [0.717, 1.165) is 38.5 Å². The molecule has 1 heterocycles. The van der Waals surface area contributed by atoms with Gasteiger partial charge in [0.25, 0.3) is 0 Å². The molecule has 0 bridgehead atoms. The molecule has 1 aromatic rings. The van der Waals surface area contributed by atoms with Gasteiger partial charge in [-0.05, 0) is 49.3 Å². The second-order valence-corrected chi connectivity index (χ2v) is 6.08. The third-order valence-corrected chi connectivity index (χ3v) is 3.99. The maximum absolute atomic E-state index is 11.7. The first kappa shape index (κ1) is 16.9. The molecule has 0 fully saturated rings. The molecule has 0 amide bonds. The number of carbonyl (C=O) groups excluding carboxylic acids is 1. The first-order valence-corrected chi connectivity index (χ1v) is 8.02. The second kappa shape index (κ2) is 8.89. The van der Waals surface area contributed by atoms with Gasteiger partial charge in [-0.2, -0.15) is 0 Å². The lowest BCUT2D eigenvalue weighted by molar-refractivity contribution is -0.122. The maximum Gasteiger partial charge on any atom is 0.135 e. The summed E-state index contributed by atoms with van der Waals surface area (Å²) >= 11 is 0. The molecule has 0 spiro atoms. The SMILES string of the molecule is CCC(C)C(=O)CCCCCc1ccnc(C(C)C)c1. The molecular formula is C18H29NO. The smallest absolute Gasteiger partial charge is 0.135 e. The lowest BCUT2D eigenvalue weighted by atomic mass is 9.97. The van der Waals surface area contributed by atoms with Crippen LogP contribution < -0.4 is 0 Å². The van der Waals surface area contributed by atoms with Crippen molar-refractivity contribution in [2.24, 2.45) is 5.92 Å². The molecular weight excluding hydrogens is 246 g/mol. The van der Waals surface area contributed by atoms with Crippen LogP contribution in [0.25, 0.3) is 0 Å². The number of aromatic nitrogens is 1. The quantitative estimate of drug-likeness (QED) is 0.598. The molecule has 0 aliphatic carbocycles. The summed E-state index contributed by atoms with van der Waals surface area (Å²) in [5.74, 6) is 1.16. The largest absolute Gasteiger partial charge is 0.299 e. The fourth-order valence-electron chi connectivity index (χ4n) is 2.24. The van der Waals surface area contributed by atoms with E-state index < -0.39 is 0 Å². The number of carbonyl (C=O) groups is 1. The van der Waals surface area contributed by atoms with Gasteiger partial charge in [0.1, 0.15) is 5.78 Å². The second-order valence-electron chi connectivity index (χ2n) is 6.08. The van der Waals surface area contributed by atoms with Crippen molar-refractivity contribution in [1.82, 2.24) is 4.98 Å². The summed E-state index contributed by atoms with van der Waals surface area (Å²) in [6.07, 6.45) is 8.06. The fourth-order valence-corrected chi connectivity index (χ4v) is 2.24. The minimum absolute atomic E-state index is 0.240. The Hall–Kier alpha value is -1.18. The van der Waals surface area contributed by atoms with Crippen molar-refractivity contribution < 1.29 is 4.79 Å². The molecule has 1 rings (SSSR count). The molecule has 1 atom stereocenters. The summed E-state index contributed by atoms with van der Waals surface area (Å²) in [6, 6.07) is 4.32. The summed E-state index contributed by atoms with van der Waals surface area (Å²) in [5, 5.41) is 0. The van der Waals surface area contributed by atoms with Crippen LogP contribution in [0.1, 0.15) is 77.0 Å². The van der Waals surface area contributed by atoms with Gasteiger partial charge < -0.3 is 0 Å². The monoisotopic (exact) mass is 275 g/mol. The van der Waals surface area contributed by atoms with Crippen molar-refractivity contribution in [2.75, 3.05) is 0 Å². The van der Waals surface area contributed by atoms with Crippen molar-refractivity contribution >= 4 is 5.78 Å². The maximum atomic E-state index is 11.7. The van der Waals surface area contributed by atoms with E-state index >= 15 is 0 Å². The lowest BCUT2D eigenvalue weighted by Gasteiger charge is -2.08. The minimum atomic E-state index is 0.240. The van der Waals surface area contributed by atoms with Crippen molar-refractivity contribution in [2.45, 2.75) is 72.1 Å². The Kier molecular flexibility index (Phi) is 7.50. The van der Waals surface area contributed by atoms with Crippen LogP contribution in [0, 0.1) is 5.92 Å². The summed E-state index contributed by atoms with van der Waals surface area (Å²) in [5.41, 5.74) is 2.55. The van der Waals surface area contributed by atoms with Gasteiger partial charge in [-0.15, -0.1) is 0 Å². The van der Waals surface area contributed by atoms with E-state index in [-0.39, 0.29) is 5.92 Å². The molecule has 2 nitrogen and oxygen atoms in total. The summed E-state index contributed by atoms with van der Waals surface area (Å²) in [4.78, 5) is 16.1. The summed E-state index contributed by atoms with van der Waals surface area (Å²) < 4.78 is 0. The van der Waals surface area contributed by atoms with Gasteiger partial charge >= 0.3 is 0 Å². The van der Waals surface area contributed by atoms with Gasteiger partial charge in [0.2, 0.25) is 0 Å². The summed E-state index contributed by atoms with van der Waals surface area (Å²) in [6.45, 7) is 8.46. The number of aryl methyl sites for hydroxylation is 1. The van der Waals surface area contributed by atoms with Crippen LogP contribution in [0.5, 0.6) is 0 Å². The van der Waals surface area contributed by atoms with Crippen LogP contribution in [-0.2, 0) is 11.2 Å². The molecule has 112 valence electrons. The molecule has 0 saturated carbocycles. The number of nitrogens with zero attached hydrogens (tertiary/aromatic N) is 1. The Balaban J connectivity index is 2.24. The van der Waals surface area contributed by atoms with E-state index in [1.807, 2.05) is 13.1 Å². The van der Waals surface area contributed by atoms with E-state index in [2.05, 4.69) is 37.9 Å². The Morgan fingerprint density at radius 1 is 1.20 bits per heavy atom. The topological polar surface area (TPSA) is 30.0 Å². The van der Waals surface area contributed by atoms with Gasteiger partial charge in [0, 0.05) is 24.2 Å². The van der Waals surface area contributed by atoms with Crippen LogP contribution in [0.15, 0.2) is 18.3 Å². The van der Waals surface area contributed by atoms with Crippen molar-refractivity contribution in [3.8, 4) is 0 Å². The average molecular weight is 275 g/mol. The molecule has 0 aromatic carbocycles.